The minimum Gasteiger partial charge on any atom is -0.309 e. The quantitative estimate of drug-likeness (QED) is 0.804. The highest BCUT2D eigenvalue weighted by Crippen LogP contribution is 2.15. The third-order valence-corrected chi connectivity index (χ3v) is 3.67. The number of aromatic nitrogens is 2. The molecule has 0 amide bonds. The minimum atomic E-state index is -0.134. The average Bonchev–Trinajstić information content (AvgIpc) is 2.47. The molecule has 1 heterocycles. The van der Waals surface area contributed by atoms with E-state index in [1.54, 1.807) is 18.2 Å². The summed E-state index contributed by atoms with van der Waals surface area (Å²) in [5.74, 6) is 0.637. The number of fused-ring (bicyclic) bond motifs is 1. The maximum absolute atomic E-state index is 12.1. The van der Waals surface area contributed by atoms with Crippen LogP contribution in [0.5, 0.6) is 0 Å². The molecule has 0 unspecified atom stereocenters. The Morgan fingerprint density at radius 3 is 2.68 bits per heavy atom. The molecule has 1 aromatic heterocycles. The minimum absolute atomic E-state index is 0.134. The van der Waals surface area contributed by atoms with Crippen LogP contribution in [0, 0.1) is 0 Å². The van der Waals surface area contributed by atoms with Gasteiger partial charge in [0.25, 0.3) is 5.56 Å². The van der Waals surface area contributed by atoms with Gasteiger partial charge in [0.05, 0.1) is 17.4 Å². The molecular formula is C17H16ClN3O. The molecule has 3 aromatic rings. The Hall–Kier alpha value is -2.17. The summed E-state index contributed by atoms with van der Waals surface area (Å²) in [5.41, 5.74) is 1.71. The molecule has 0 spiro atoms. The van der Waals surface area contributed by atoms with Gasteiger partial charge in [0.15, 0.2) is 0 Å². The van der Waals surface area contributed by atoms with Gasteiger partial charge in [0.2, 0.25) is 0 Å². The van der Waals surface area contributed by atoms with E-state index in [4.69, 9.17) is 11.6 Å². The summed E-state index contributed by atoms with van der Waals surface area (Å²) in [6.07, 6.45) is 0. The largest absolute Gasteiger partial charge is 0.309 e. The van der Waals surface area contributed by atoms with E-state index in [0.29, 0.717) is 28.3 Å². The van der Waals surface area contributed by atoms with Gasteiger partial charge in [0.1, 0.15) is 5.82 Å². The molecule has 4 nitrogen and oxygen atoms in total. The summed E-state index contributed by atoms with van der Waals surface area (Å²) in [7, 11) is 2.00. The van der Waals surface area contributed by atoms with Crippen molar-refractivity contribution in [2.24, 2.45) is 0 Å². The second-order valence-corrected chi connectivity index (χ2v) is 5.77. The van der Waals surface area contributed by atoms with Crippen LogP contribution in [0.2, 0.25) is 5.02 Å². The van der Waals surface area contributed by atoms with Gasteiger partial charge >= 0.3 is 0 Å². The first-order valence-corrected chi connectivity index (χ1v) is 7.40. The lowest BCUT2D eigenvalue weighted by Gasteiger charge is -2.16. The van der Waals surface area contributed by atoms with E-state index in [2.05, 4.69) is 27.0 Å². The van der Waals surface area contributed by atoms with E-state index >= 15 is 0 Å². The number of aromatic amines is 1. The Kier molecular flexibility index (Phi) is 4.22. The number of H-pyrrole nitrogens is 1. The van der Waals surface area contributed by atoms with Crippen LogP contribution < -0.4 is 5.56 Å². The van der Waals surface area contributed by atoms with Crippen molar-refractivity contribution in [2.75, 3.05) is 7.05 Å². The fourth-order valence-corrected chi connectivity index (χ4v) is 2.61. The number of hydrogen-bond donors (Lipinski definition) is 1. The van der Waals surface area contributed by atoms with Crippen LogP contribution in [0.25, 0.3) is 10.9 Å². The van der Waals surface area contributed by atoms with E-state index < -0.39 is 0 Å². The van der Waals surface area contributed by atoms with Gasteiger partial charge in [-0.2, -0.15) is 0 Å². The first kappa shape index (κ1) is 14.8. The van der Waals surface area contributed by atoms with Crippen molar-refractivity contribution >= 4 is 22.5 Å². The summed E-state index contributed by atoms with van der Waals surface area (Å²) < 4.78 is 0. The Bertz CT molecular complexity index is 845. The summed E-state index contributed by atoms with van der Waals surface area (Å²) in [4.78, 5) is 21.5. The predicted octanol–water partition coefficient (Wildman–Crippen LogP) is 3.21. The first-order valence-electron chi connectivity index (χ1n) is 7.03. The standard InChI is InChI=1S/C17H16ClN3O/c1-21(10-12-5-3-2-4-6-12)11-16-19-15-9-13(18)7-8-14(15)17(22)20-16/h2-9H,10-11H2,1H3,(H,19,20,22). The Balaban J connectivity index is 1.83. The molecule has 22 heavy (non-hydrogen) atoms. The second kappa shape index (κ2) is 6.30. The molecule has 112 valence electrons. The highest BCUT2D eigenvalue weighted by molar-refractivity contribution is 6.31. The fraction of sp³-hybridized carbons (Fsp3) is 0.176. The van der Waals surface area contributed by atoms with Gasteiger partial charge in [-0.1, -0.05) is 41.9 Å². The summed E-state index contributed by atoms with van der Waals surface area (Å²) in [5, 5.41) is 1.13. The molecule has 2 aromatic carbocycles. The second-order valence-electron chi connectivity index (χ2n) is 5.33. The third-order valence-electron chi connectivity index (χ3n) is 3.43. The molecule has 0 saturated carbocycles. The molecule has 0 aliphatic rings. The van der Waals surface area contributed by atoms with Gasteiger partial charge in [-0.05, 0) is 30.8 Å². The average molecular weight is 314 g/mol. The Morgan fingerprint density at radius 1 is 1.14 bits per heavy atom. The smallest absolute Gasteiger partial charge is 0.258 e. The van der Waals surface area contributed by atoms with Crippen molar-refractivity contribution in [1.82, 2.24) is 14.9 Å². The van der Waals surface area contributed by atoms with E-state index in [9.17, 15) is 4.79 Å². The van der Waals surface area contributed by atoms with Crippen LogP contribution in [0.1, 0.15) is 11.4 Å². The molecule has 3 rings (SSSR count). The lowest BCUT2D eigenvalue weighted by molar-refractivity contribution is 0.311. The SMILES string of the molecule is CN(Cc1ccccc1)Cc1nc2cc(Cl)ccc2c(=O)[nH]1. The van der Waals surface area contributed by atoms with Crippen LogP contribution >= 0.6 is 11.6 Å². The van der Waals surface area contributed by atoms with Crippen LogP contribution in [0.3, 0.4) is 0 Å². The van der Waals surface area contributed by atoms with Gasteiger partial charge in [0, 0.05) is 11.6 Å². The number of nitrogens with zero attached hydrogens (tertiary/aromatic N) is 2. The third kappa shape index (κ3) is 3.35. The molecular weight excluding hydrogens is 298 g/mol. The lowest BCUT2D eigenvalue weighted by atomic mass is 10.2. The van der Waals surface area contributed by atoms with Crippen LogP contribution in [-0.4, -0.2) is 21.9 Å². The maximum Gasteiger partial charge on any atom is 0.258 e. The van der Waals surface area contributed by atoms with Crippen molar-refractivity contribution in [2.45, 2.75) is 13.1 Å². The van der Waals surface area contributed by atoms with Crippen molar-refractivity contribution in [3.05, 3.63) is 75.3 Å². The Labute approximate surface area is 133 Å². The topological polar surface area (TPSA) is 49.0 Å². The number of rotatable bonds is 4. The lowest BCUT2D eigenvalue weighted by Crippen LogP contribution is -2.21. The summed E-state index contributed by atoms with van der Waals surface area (Å²) in [6.45, 7) is 1.35. The molecule has 0 atom stereocenters. The number of hydrogen-bond acceptors (Lipinski definition) is 3. The number of nitrogens with one attached hydrogen (secondary N) is 1. The van der Waals surface area contributed by atoms with Gasteiger partial charge < -0.3 is 4.98 Å². The zero-order valence-corrected chi connectivity index (χ0v) is 13.0. The molecule has 1 N–H and O–H groups in total. The molecule has 5 heteroatoms. The van der Waals surface area contributed by atoms with Crippen molar-refractivity contribution < 1.29 is 0 Å². The normalized spacial score (nSPS) is 11.2. The molecule has 0 aliphatic carbocycles. The maximum atomic E-state index is 12.1. The van der Waals surface area contributed by atoms with Crippen molar-refractivity contribution in [3.63, 3.8) is 0 Å². The van der Waals surface area contributed by atoms with Gasteiger partial charge in [-0.25, -0.2) is 4.98 Å². The van der Waals surface area contributed by atoms with Crippen molar-refractivity contribution in [3.8, 4) is 0 Å². The van der Waals surface area contributed by atoms with Crippen LogP contribution in [-0.2, 0) is 13.1 Å². The fourth-order valence-electron chi connectivity index (χ4n) is 2.44. The first-order chi connectivity index (χ1) is 10.6. The van der Waals surface area contributed by atoms with E-state index in [1.165, 1.54) is 5.56 Å². The van der Waals surface area contributed by atoms with Crippen LogP contribution in [0.15, 0.2) is 53.3 Å². The Morgan fingerprint density at radius 2 is 1.91 bits per heavy atom. The molecule has 0 bridgehead atoms. The van der Waals surface area contributed by atoms with Gasteiger partial charge in [-0.15, -0.1) is 0 Å². The highest BCUT2D eigenvalue weighted by atomic mass is 35.5. The van der Waals surface area contributed by atoms with E-state index in [-0.39, 0.29) is 5.56 Å². The molecule has 0 fully saturated rings. The monoisotopic (exact) mass is 313 g/mol. The van der Waals surface area contributed by atoms with E-state index in [0.717, 1.165) is 6.54 Å². The number of halogens is 1. The molecule has 0 aliphatic heterocycles. The van der Waals surface area contributed by atoms with E-state index in [1.807, 2.05) is 25.2 Å². The number of benzene rings is 2. The van der Waals surface area contributed by atoms with Crippen LogP contribution in [0.4, 0.5) is 0 Å². The highest BCUT2D eigenvalue weighted by Gasteiger charge is 2.07. The summed E-state index contributed by atoms with van der Waals surface area (Å²) in [6, 6.07) is 15.3. The summed E-state index contributed by atoms with van der Waals surface area (Å²) >= 11 is 5.97. The molecule has 0 saturated heterocycles. The predicted molar refractivity (Wildman–Crippen MR) is 89.0 cm³/mol. The van der Waals surface area contributed by atoms with Gasteiger partial charge in [-0.3, -0.25) is 9.69 Å². The zero-order chi connectivity index (χ0) is 15.5. The zero-order valence-electron chi connectivity index (χ0n) is 12.2. The molecule has 0 radical (unpaired) electrons. The van der Waals surface area contributed by atoms with Crippen molar-refractivity contribution in [1.29, 1.82) is 0 Å².